The van der Waals surface area contributed by atoms with Gasteiger partial charge in [-0.25, -0.2) is 4.39 Å². The van der Waals surface area contributed by atoms with Gasteiger partial charge in [-0.2, -0.15) is 17.6 Å². The SMILES string of the molecule is C[C@H]1[C@@H](c2ccc(F)c(F)c2O[C@@H]2CCOC2)[C@H](C(=O)Nc2ccc([C@@H](O)CNC(C)(C)C)nc2)O[C@@]1(C)C(F)(F)F. The first-order chi connectivity index (χ1) is 19.5. The molecule has 1 aromatic carbocycles. The molecule has 8 nitrogen and oxygen atoms in total. The predicted molar refractivity (Wildman–Crippen MR) is 143 cm³/mol. The van der Waals surface area contributed by atoms with Gasteiger partial charge in [0.1, 0.15) is 18.3 Å². The third kappa shape index (κ3) is 6.69. The molecule has 1 amide bonds. The maximum Gasteiger partial charge on any atom is 0.417 e. The van der Waals surface area contributed by atoms with Crippen LogP contribution in [0.1, 0.15) is 64.3 Å². The average molecular weight is 602 g/mol. The number of alkyl halides is 3. The van der Waals surface area contributed by atoms with Crippen molar-refractivity contribution in [1.82, 2.24) is 10.3 Å². The summed E-state index contributed by atoms with van der Waals surface area (Å²) in [7, 11) is 0. The Morgan fingerprint density at radius 2 is 1.93 bits per heavy atom. The van der Waals surface area contributed by atoms with Crippen LogP contribution in [0.25, 0.3) is 0 Å². The summed E-state index contributed by atoms with van der Waals surface area (Å²) in [4.78, 5) is 17.6. The van der Waals surface area contributed by atoms with Gasteiger partial charge in [-0.3, -0.25) is 9.78 Å². The Hall–Kier alpha value is -2.87. The van der Waals surface area contributed by atoms with Crippen molar-refractivity contribution in [2.45, 2.75) is 82.6 Å². The van der Waals surface area contributed by atoms with Gasteiger partial charge in [-0.1, -0.05) is 13.0 Å². The molecule has 0 saturated carbocycles. The standard InChI is InChI=1S/C29H36F5N3O5/c1-15-22(18-7-8-19(30)23(31)24(18)41-17-10-11-40-14-17)25(42-28(15,5)29(32,33)34)26(39)37-16-6-9-20(35-12-16)21(38)13-36-27(2,3)4/h6-9,12,15,17,21-22,25,36,38H,10-11,13-14H2,1-5H3,(H,37,39)/t15-,17+,21-,22-,25+,28+/m0/s1. The van der Waals surface area contributed by atoms with Crippen LogP contribution in [-0.4, -0.2) is 65.3 Å². The summed E-state index contributed by atoms with van der Waals surface area (Å²) in [6.45, 7) is 8.53. The number of ether oxygens (including phenoxy) is 3. The van der Waals surface area contributed by atoms with Crippen LogP contribution in [0.15, 0.2) is 30.5 Å². The fourth-order valence-corrected chi connectivity index (χ4v) is 5.12. The largest absolute Gasteiger partial charge is 0.484 e. The first-order valence-corrected chi connectivity index (χ1v) is 13.7. The summed E-state index contributed by atoms with van der Waals surface area (Å²) < 4.78 is 88.7. The number of aliphatic hydroxyl groups excluding tert-OH is 1. The third-order valence-corrected chi connectivity index (χ3v) is 7.76. The van der Waals surface area contributed by atoms with Crippen molar-refractivity contribution in [3.05, 3.63) is 53.4 Å². The van der Waals surface area contributed by atoms with E-state index >= 15 is 4.39 Å². The number of amides is 1. The second kappa shape index (κ2) is 12.0. The zero-order valence-corrected chi connectivity index (χ0v) is 24.0. The van der Waals surface area contributed by atoms with Gasteiger partial charge in [0.05, 0.1) is 30.8 Å². The number of rotatable bonds is 8. The van der Waals surface area contributed by atoms with Crippen LogP contribution in [-0.2, 0) is 14.3 Å². The highest BCUT2D eigenvalue weighted by Crippen LogP contribution is 2.55. The second-order valence-electron chi connectivity index (χ2n) is 11.9. The Kier molecular flexibility index (Phi) is 9.17. The molecule has 6 atom stereocenters. The maximum absolute atomic E-state index is 15.1. The number of hydrogen-bond donors (Lipinski definition) is 3. The molecule has 0 bridgehead atoms. The number of halogens is 5. The van der Waals surface area contributed by atoms with Crippen molar-refractivity contribution in [2.24, 2.45) is 5.92 Å². The minimum Gasteiger partial charge on any atom is -0.484 e. The molecule has 0 radical (unpaired) electrons. The van der Waals surface area contributed by atoms with Crippen molar-refractivity contribution >= 4 is 11.6 Å². The number of aromatic nitrogens is 1. The Labute approximate surface area is 240 Å². The first kappa shape index (κ1) is 32.1. The van der Waals surface area contributed by atoms with Gasteiger partial charge in [0.25, 0.3) is 5.91 Å². The third-order valence-electron chi connectivity index (χ3n) is 7.76. The number of carbonyl (C=O) groups excluding carboxylic acids is 1. The molecule has 3 heterocycles. The summed E-state index contributed by atoms with van der Waals surface area (Å²) >= 11 is 0. The fourth-order valence-electron chi connectivity index (χ4n) is 5.12. The molecule has 2 fully saturated rings. The van der Waals surface area contributed by atoms with Gasteiger partial charge >= 0.3 is 6.18 Å². The minimum atomic E-state index is -4.89. The molecule has 13 heteroatoms. The number of pyridine rings is 1. The summed E-state index contributed by atoms with van der Waals surface area (Å²) in [6, 6.07) is 4.84. The van der Waals surface area contributed by atoms with Gasteiger partial charge < -0.3 is 30.0 Å². The van der Waals surface area contributed by atoms with E-state index in [0.717, 1.165) is 19.1 Å². The number of carbonyl (C=O) groups is 1. The van der Waals surface area contributed by atoms with E-state index in [9.17, 15) is 27.5 Å². The van der Waals surface area contributed by atoms with Gasteiger partial charge in [-0.05, 0) is 45.9 Å². The van der Waals surface area contributed by atoms with Crippen molar-refractivity contribution in [1.29, 1.82) is 0 Å². The molecule has 2 saturated heterocycles. The Morgan fingerprint density at radius 3 is 2.50 bits per heavy atom. The molecule has 2 aliphatic rings. The number of anilines is 1. The van der Waals surface area contributed by atoms with E-state index in [2.05, 4.69) is 15.6 Å². The smallest absolute Gasteiger partial charge is 0.417 e. The lowest BCUT2D eigenvalue weighted by Gasteiger charge is -2.32. The Balaban J connectivity index is 1.63. The number of nitrogens with zero attached hydrogens (tertiary/aromatic N) is 1. The van der Waals surface area contributed by atoms with Crippen molar-refractivity contribution in [3.63, 3.8) is 0 Å². The topological polar surface area (TPSA) is 102 Å². The number of β-amino-alcohol motifs (C(OH)–C–C–N with tert-alkyl or cyclic N) is 1. The predicted octanol–water partition coefficient (Wildman–Crippen LogP) is 5.03. The number of hydrogen-bond acceptors (Lipinski definition) is 7. The highest BCUT2D eigenvalue weighted by atomic mass is 19.4. The van der Waals surface area contributed by atoms with Crippen LogP contribution in [0.3, 0.4) is 0 Å². The normalized spacial score (nSPS) is 27.2. The Bertz CT molecular complexity index is 1260. The molecule has 0 unspecified atom stereocenters. The molecule has 2 aromatic rings. The lowest BCUT2D eigenvalue weighted by atomic mass is 9.77. The number of benzene rings is 1. The quantitative estimate of drug-likeness (QED) is 0.365. The monoisotopic (exact) mass is 601 g/mol. The van der Waals surface area contributed by atoms with Gasteiger partial charge in [0.2, 0.25) is 5.82 Å². The van der Waals surface area contributed by atoms with E-state index in [0.29, 0.717) is 18.7 Å². The summed E-state index contributed by atoms with van der Waals surface area (Å²) in [6.07, 6.45) is -6.59. The van der Waals surface area contributed by atoms with E-state index in [4.69, 9.17) is 14.2 Å². The first-order valence-electron chi connectivity index (χ1n) is 13.7. The van der Waals surface area contributed by atoms with Crippen LogP contribution in [0.5, 0.6) is 5.75 Å². The summed E-state index contributed by atoms with van der Waals surface area (Å²) in [5.41, 5.74) is -2.69. The van der Waals surface area contributed by atoms with Crippen LogP contribution in [0.4, 0.5) is 27.6 Å². The molecule has 1 aromatic heterocycles. The molecule has 2 aliphatic heterocycles. The molecule has 42 heavy (non-hydrogen) atoms. The van der Waals surface area contributed by atoms with Gasteiger partial charge in [-0.15, -0.1) is 0 Å². The van der Waals surface area contributed by atoms with Crippen molar-refractivity contribution in [2.75, 3.05) is 25.1 Å². The minimum absolute atomic E-state index is 0.0975. The molecule has 232 valence electrons. The van der Waals surface area contributed by atoms with E-state index in [1.54, 1.807) is 0 Å². The van der Waals surface area contributed by atoms with E-state index in [1.165, 1.54) is 25.3 Å². The zero-order chi connectivity index (χ0) is 31.0. The van der Waals surface area contributed by atoms with Crippen molar-refractivity contribution < 1.29 is 46.1 Å². The van der Waals surface area contributed by atoms with E-state index in [-0.39, 0.29) is 29.9 Å². The zero-order valence-electron chi connectivity index (χ0n) is 24.0. The van der Waals surface area contributed by atoms with Crippen LogP contribution < -0.4 is 15.4 Å². The molecule has 4 rings (SSSR count). The van der Waals surface area contributed by atoms with E-state index in [1.807, 2.05) is 20.8 Å². The van der Waals surface area contributed by atoms with E-state index < -0.39 is 65.2 Å². The van der Waals surface area contributed by atoms with Gasteiger partial charge in [0, 0.05) is 35.9 Å². The lowest BCUT2D eigenvalue weighted by Crippen LogP contribution is -2.47. The average Bonchev–Trinajstić information content (AvgIpc) is 3.52. The van der Waals surface area contributed by atoms with Crippen LogP contribution >= 0.6 is 0 Å². The lowest BCUT2D eigenvalue weighted by molar-refractivity contribution is -0.272. The number of aliphatic hydroxyl groups is 1. The second-order valence-corrected chi connectivity index (χ2v) is 11.9. The molecule has 0 aliphatic carbocycles. The molecular formula is C29H36F5N3O5. The molecule has 0 spiro atoms. The molecular weight excluding hydrogens is 565 g/mol. The van der Waals surface area contributed by atoms with Crippen molar-refractivity contribution in [3.8, 4) is 5.75 Å². The highest BCUT2D eigenvalue weighted by molar-refractivity contribution is 5.95. The van der Waals surface area contributed by atoms with Crippen LogP contribution in [0.2, 0.25) is 0 Å². The summed E-state index contributed by atoms with van der Waals surface area (Å²) in [5, 5.41) is 16.1. The van der Waals surface area contributed by atoms with Crippen LogP contribution in [0, 0.1) is 17.6 Å². The summed E-state index contributed by atoms with van der Waals surface area (Å²) in [5.74, 6) is -6.88. The molecule has 3 N–H and O–H groups in total. The fraction of sp³-hybridized carbons (Fsp3) is 0.586. The maximum atomic E-state index is 15.1. The number of nitrogens with one attached hydrogen (secondary N) is 2. The Morgan fingerprint density at radius 1 is 1.21 bits per heavy atom. The van der Waals surface area contributed by atoms with Gasteiger partial charge in [0.15, 0.2) is 17.2 Å². The highest BCUT2D eigenvalue weighted by Gasteiger charge is 2.66.